The van der Waals surface area contributed by atoms with Crippen LogP contribution in [0.15, 0.2) is 79.9 Å². The van der Waals surface area contributed by atoms with Crippen LogP contribution in [-0.4, -0.2) is 19.8 Å². The van der Waals surface area contributed by atoms with Crippen LogP contribution in [0.2, 0.25) is 0 Å². The minimum atomic E-state index is 0.668. The molecule has 0 saturated carbocycles. The molecule has 2 aromatic carbocycles. The molecule has 3 nitrogen and oxygen atoms in total. The lowest BCUT2D eigenvalue weighted by molar-refractivity contribution is 0.0674. The molecule has 3 rings (SSSR count). The van der Waals surface area contributed by atoms with E-state index in [1.165, 1.54) is 16.7 Å². The van der Waals surface area contributed by atoms with Gasteiger partial charge in [-0.2, -0.15) is 0 Å². The summed E-state index contributed by atoms with van der Waals surface area (Å²) >= 11 is 0. The predicted molar refractivity (Wildman–Crippen MR) is 142 cm³/mol. The first-order chi connectivity index (χ1) is 16.1. The Kier molecular flexibility index (Phi) is 9.59. The van der Waals surface area contributed by atoms with Crippen molar-refractivity contribution in [1.29, 1.82) is 0 Å². The van der Waals surface area contributed by atoms with Crippen LogP contribution >= 0.6 is 0 Å². The molecule has 2 N–H and O–H groups in total. The Labute approximate surface area is 200 Å². The number of nitrogens with one attached hydrogen (secondary N) is 2. The SMILES string of the molecule is C=C(NCc1cccc(C(=C)NCC2CCOCC2)c1)c1ccc(C(/C=C\C)=C/CC)cc1. The molecule has 1 aliphatic rings. The van der Waals surface area contributed by atoms with Gasteiger partial charge in [0.1, 0.15) is 0 Å². The van der Waals surface area contributed by atoms with E-state index in [9.17, 15) is 0 Å². The van der Waals surface area contributed by atoms with Gasteiger partial charge in [0.05, 0.1) is 0 Å². The Hall–Kier alpha value is -3.04. The standard InChI is InChI=1S/C30H38N2O/c1-5-8-28(9-6-2)29-14-12-27(13-15-29)23(3)32-22-26-10-7-11-30(20-26)24(4)31-21-25-16-18-33-19-17-25/h5,7-15,20,25,31-32H,3-4,6,16-19,21-22H2,1-2H3/b8-5-,28-9+. The second-order valence-electron chi connectivity index (χ2n) is 8.59. The van der Waals surface area contributed by atoms with Gasteiger partial charge in [-0.15, -0.1) is 0 Å². The quantitative estimate of drug-likeness (QED) is 0.375. The van der Waals surface area contributed by atoms with Crippen LogP contribution in [-0.2, 0) is 11.3 Å². The lowest BCUT2D eigenvalue weighted by Gasteiger charge is -2.23. The highest BCUT2D eigenvalue weighted by Crippen LogP contribution is 2.21. The molecule has 0 spiro atoms. The van der Waals surface area contributed by atoms with Gasteiger partial charge in [0.2, 0.25) is 0 Å². The van der Waals surface area contributed by atoms with E-state index in [1.807, 2.05) is 0 Å². The second kappa shape index (κ2) is 12.9. The average Bonchev–Trinajstić information content (AvgIpc) is 2.86. The van der Waals surface area contributed by atoms with E-state index in [2.05, 4.69) is 104 Å². The van der Waals surface area contributed by atoms with Gasteiger partial charge in [0.25, 0.3) is 0 Å². The summed E-state index contributed by atoms with van der Waals surface area (Å²) in [5, 5.41) is 7.00. The summed E-state index contributed by atoms with van der Waals surface area (Å²) < 4.78 is 5.45. The molecule has 0 atom stereocenters. The van der Waals surface area contributed by atoms with Crippen molar-refractivity contribution in [2.45, 2.75) is 39.7 Å². The molecule has 0 unspecified atom stereocenters. The molecule has 0 radical (unpaired) electrons. The molecular formula is C30H38N2O. The van der Waals surface area contributed by atoms with Crippen LogP contribution in [0.3, 0.4) is 0 Å². The van der Waals surface area contributed by atoms with Crippen LogP contribution in [0.4, 0.5) is 0 Å². The van der Waals surface area contributed by atoms with Crippen LogP contribution in [0.1, 0.15) is 55.4 Å². The fourth-order valence-electron chi connectivity index (χ4n) is 4.05. The number of benzene rings is 2. The number of ether oxygens (including phenoxy) is 1. The molecule has 0 amide bonds. The zero-order chi connectivity index (χ0) is 23.5. The summed E-state index contributed by atoms with van der Waals surface area (Å²) in [6, 6.07) is 17.1. The Balaban J connectivity index is 1.54. The van der Waals surface area contributed by atoms with E-state index in [-0.39, 0.29) is 0 Å². The molecule has 3 heteroatoms. The highest BCUT2D eigenvalue weighted by molar-refractivity contribution is 5.75. The minimum absolute atomic E-state index is 0.668. The van der Waals surface area contributed by atoms with Gasteiger partial charge in [0, 0.05) is 37.7 Å². The molecule has 2 aromatic rings. The summed E-state index contributed by atoms with van der Waals surface area (Å²) in [5.41, 5.74) is 7.84. The maximum atomic E-state index is 5.45. The Morgan fingerprint density at radius 1 is 0.970 bits per heavy atom. The smallest absolute Gasteiger partial charge is 0.0469 e. The number of allylic oxidation sites excluding steroid dienone is 4. The van der Waals surface area contributed by atoms with Gasteiger partial charge >= 0.3 is 0 Å². The van der Waals surface area contributed by atoms with Crippen molar-refractivity contribution in [3.8, 4) is 0 Å². The highest BCUT2D eigenvalue weighted by Gasteiger charge is 2.13. The largest absolute Gasteiger partial charge is 0.385 e. The Morgan fingerprint density at radius 3 is 2.36 bits per heavy atom. The Morgan fingerprint density at radius 2 is 1.67 bits per heavy atom. The lowest BCUT2D eigenvalue weighted by Crippen LogP contribution is -2.26. The van der Waals surface area contributed by atoms with E-state index in [0.29, 0.717) is 5.92 Å². The number of hydrogen-bond donors (Lipinski definition) is 2. The van der Waals surface area contributed by atoms with Crippen molar-refractivity contribution in [3.05, 3.63) is 102 Å². The van der Waals surface area contributed by atoms with Crippen LogP contribution < -0.4 is 10.6 Å². The van der Waals surface area contributed by atoms with Crippen LogP contribution in [0.5, 0.6) is 0 Å². The third-order valence-corrected chi connectivity index (χ3v) is 6.06. The zero-order valence-corrected chi connectivity index (χ0v) is 20.2. The monoisotopic (exact) mass is 442 g/mol. The highest BCUT2D eigenvalue weighted by atomic mass is 16.5. The first-order valence-electron chi connectivity index (χ1n) is 12.1. The van der Waals surface area contributed by atoms with Crippen molar-refractivity contribution >= 4 is 17.0 Å². The summed E-state index contributed by atoms with van der Waals surface area (Å²) in [7, 11) is 0. The van der Waals surface area contributed by atoms with Crippen molar-refractivity contribution in [1.82, 2.24) is 10.6 Å². The molecule has 0 bridgehead atoms. The van der Waals surface area contributed by atoms with E-state index in [0.717, 1.165) is 68.1 Å². The van der Waals surface area contributed by atoms with Gasteiger partial charge in [-0.25, -0.2) is 0 Å². The zero-order valence-electron chi connectivity index (χ0n) is 20.2. The van der Waals surface area contributed by atoms with Crippen molar-refractivity contribution < 1.29 is 4.74 Å². The third kappa shape index (κ3) is 7.50. The molecule has 174 valence electrons. The van der Waals surface area contributed by atoms with Crippen LogP contribution in [0.25, 0.3) is 17.0 Å². The van der Waals surface area contributed by atoms with E-state index in [1.54, 1.807) is 0 Å². The molecule has 0 aliphatic carbocycles. The molecule has 0 aromatic heterocycles. The molecule has 1 heterocycles. The first-order valence-corrected chi connectivity index (χ1v) is 12.1. The van der Waals surface area contributed by atoms with Gasteiger partial charge in [0.15, 0.2) is 0 Å². The molecule has 1 fully saturated rings. The first kappa shape index (κ1) is 24.6. The van der Waals surface area contributed by atoms with Crippen LogP contribution in [0, 0.1) is 5.92 Å². The number of rotatable bonds is 11. The van der Waals surface area contributed by atoms with Crippen molar-refractivity contribution in [2.75, 3.05) is 19.8 Å². The normalized spacial score (nSPS) is 14.9. The lowest BCUT2D eigenvalue weighted by atomic mass is 10.00. The summed E-state index contributed by atoms with van der Waals surface area (Å²) in [6.07, 6.45) is 9.76. The molecule has 1 aliphatic heterocycles. The average molecular weight is 443 g/mol. The van der Waals surface area contributed by atoms with Gasteiger partial charge in [-0.1, -0.05) is 80.8 Å². The summed E-state index contributed by atoms with van der Waals surface area (Å²) in [6.45, 7) is 16.1. The summed E-state index contributed by atoms with van der Waals surface area (Å²) in [5.74, 6) is 0.668. The van der Waals surface area contributed by atoms with Gasteiger partial charge in [-0.05, 0) is 66.0 Å². The molecule has 1 saturated heterocycles. The fourth-order valence-corrected chi connectivity index (χ4v) is 4.05. The minimum Gasteiger partial charge on any atom is -0.385 e. The predicted octanol–water partition coefficient (Wildman–Crippen LogP) is 6.80. The molecule has 33 heavy (non-hydrogen) atoms. The van der Waals surface area contributed by atoms with Gasteiger partial charge in [-0.3, -0.25) is 0 Å². The van der Waals surface area contributed by atoms with E-state index < -0.39 is 0 Å². The maximum Gasteiger partial charge on any atom is 0.0469 e. The maximum absolute atomic E-state index is 5.45. The van der Waals surface area contributed by atoms with E-state index in [4.69, 9.17) is 4.74 Å². The number of hydrogen-bond acceptors (Lipinski definition) is 3. The topological polar surface area (TPSA) is 33.3 Å². The van der Waals surface area contributed by atoms with Crippen molar-refractivity contribution in [3.63, 3.8) is 0 Å². The summed E-state index contributed by atoms with van der Waals surface area (Å²) in [4.78, 5) is 0. The fraction of sp³-hybridized carbons (Fsp3) is 0.333. The molecular weight excluding hydrogens is 404 g/mol. The van der Waals surface area contributed by atoms with E-state index >= 15 is 0 Å². The Bertz CT molecular complexity index is 979. The second-order valence-corrected chi connectivity index (χ2v) is 8.59. The van der Waals surface area contributed by atoms with Gasteiger partial charge < -0.3 is 15.4 Å². The third-order valence-electron chi connectivity index (χ3n) is 6.06. The van der Waals surface area contributed by atoms with Crippen molar-refractivity contribution in [2.24, 2.45) is 5.92 Å².